The van der Waals surface area contributed by atoms with Crippen LogP contribution in [0.5, 0.6) is 0 Å². The smallest absolute Gasteiger partial charge is 0.306 e. The number of carbonyl (C=O) groups excluding carboxylic acids is 1. The molecule has 0 aromatic heterocycles. The topological polar surface area (TPSA) is 63.6 Å². The molecule has 1 atom stereocenters. The van der Waals surface area contributed by atoms with Gasteiger partial charge in [0, 0.05) is 12.8 Å². The van der Waals surface area contributed by atoms with Gasteiger partial charge in [-0.3, -0.25) is 9.59 Å². The molecule has 0 aliphatic rings. The number of aliphatic carboxylic acids is 1. The first-order valence-electron chi connectivity index (χ1n) is 18.3. The molecule has 0 amide bonds. The maximum atomic E-state index is 12.4. The van der Waals surface area contributed by atoms with Gasteiger partial charge in [-0.2, -0.15) is 0 Å². The molecule has 0 heterocycles. The first-order valence-corrected chi connectivity index (χ1v) is 18.3. The Labute approximate surface area is 261 Å². The van der Waals surface area contributed by atoms with E-state index in [1.807, 2.05) is 0 Å². The Morgan fingerprint density at radius 3 is 1.48 bits per heavy atom. The number of allylic oxidation sites excluding steroid dienone is 4. The number of unbranched alkanes of at least 4 members (excludes halogenated alkanes) is 20. The molecule has 4 nitrogen and oxygen atoms in total. The molecule has 0 fully saturated rings. The fourth-order valence-corrected chi connectivity index (χ4v) is 5.50. The molecule has 246 valence electrons. The summed E-state index contributed by atoms with van der Waals surface area (Å²) >= 11 is 0. The predicted molar refractivity (Wildman–Crippen MR) is 181 cm³/mol. The molecule has 1 N–H and O–H groups in total. The number of rotatable bonds is 33. The summed E-state index contributed by atoms with van der Waals surface area (Å²) in [6.07, 6.45) is 42.5. The number of hydrogen-bond acceptors (Lipinski definition) is 3. The second-order valence-electron chi connectivity index (χ2n) is 12.4. The van der Waals surface area contributed by atoms with E-state index < -0.39 is 5.97 Å². The number of esters is 1. The van der Waals surface area contributed by atoms with Crippen LogP contribution in [0.1, 0.15) is 200 Å². The Morgan fingerprint density at radius 2 is 0.976 bits per heavy atom. The average Bonchev–Trinajstić information content (AvgIpc) is 2.97. The fourth-order valence-electron chi connectivity index (χ4n) is 5.50. The fraction of sp³-hybridized carbons (Fsp3) is 0.842. The highest BCUT2D eigenvalue weighted by Gasteiger charge is 2.13. The lowest BCUT2D eigenvalue weighted by atomic mass is 10.0. The lowest BCUT2D eigenvalue weighted by Gasteiger charge is -2.17. The average molecular weight is 591 g/mol. The minimum atomic E-state index is -0.669. The Hall–Kier alpha value is -1.58. The summed E-state index contributed by atoms with van der Waals surface area (Å²) in [4.78, 5) is 22.9. The maximum Gasteiger partial charge on any atom is 0.306 e. The largest absolute Gasteiger partial charge is 0.481 e. The molecule has 0 saturated carbocycles. The van der Waals surface area contributed by atoms with E-state index >= 15 is 0 Å². The molecule has 0 radical (unpaired) electrons. The van der Waals surface area contributed by atoms with Crippen LogP contribution in [0, 0.1) is 0 Å². The van der Waals surface area contributed by atoms with Crippen molar-refractivity contribution in [1.82, 2.24) is 0 Å². The van der Waals surface area contributed by atoms with Gasteiger partial charge in [-0.25, -0.2) is 0 Å². The predicted octanol–water partition coefficient (Wildman–Crippen LogP) is 12.4. The van der Waals surface area contributed by atoms with E-state index in [2.05, 4.69) is 38.2 Å². The van der Waals surface area contributed by atoms with Gasteiger partial charge in [0.15, 0.2) is 0 Å². The quantitative estimate of drug-likeness (QED) is 0.0469. The van der Waals surface area contributed by atoms with Crippen LogP contribution in [-0.4, -0.2) is 23.1 Å². The Morgan fingerprint density at radius 1 is 0.524 bits per heavy atom. The molecule has 4 heteroatoms. The van der Waals surface area contributed by atoms with Crippen molar-refractivity contribution in [3.8, 4) is 0 Å². The number of carboxylic acid groups (broad SMARTS) is 1. The van der Waals surface area contributed by atoms with Crippen molar-refractivity contribution in [3.63, 3.8) is 0 Å². The van der Waals surface area contributed by atoms with Crippen LogP contribution in [-0.2, 0) is 14.3 Å². The van der Waals surface area contributed by atoms with Crippen molar-refractivity contribution >= 4 is 11.9 Å². The summed E-state index contributed by atoms with van der Waals surface area (Å²) in [5.41, 5.74) is 0. The Bertz CT molecular complexity index is 639. The number of hydrogen-bond donors (Lipinski definition) is 1. The summed E-state index contributed by atoms with van der Waals surface area (Å²) in [5, 5.41) is 8.65. The van der Waals surface area contributed by atoms with Crippen molar-refractivity contribution in [2.24, 2.45) is 0 Å². The molecular weight excluding hydrogens is 520 g/mol. The molecule has 0 aromatic carbocycles. The van der Waals surface area contributed by atoms with Crippen LogP contribution in [0.4, 0.5) is 0 Å². The SMILES string of the molecule is CCCCC/C=C\C/C=C\CCCCCCCC(=O)OC(CCC)CCCCCCCCCCCCCCCC(=O)O. The molecule has 0 spiro atoms. The van der Waals surface area contributed by atoms with E-state index in [0.717, 1.165) is 51.4 Å². The highest BCUT2D eigenvalue weighted by molar-refractivity contribution is 5.69. The zero-order chi connectivity index (χ0) is 30.8. The highest BCUT2D eigenvalue weighted by atomic mass is 16.5. The number of carbonyl (C=O) groups is 2. The van der Waals surface area contributed by atoms with Crippen LogP contribution in [0.3, 0.4) is 0 Å². The molecule has 0 aliphatic heterocycles. The summed E-state index contributed by atoms with van der Waals surface area (Å²) < 4.78 is 5.85. The van der Waals surface area contributed by atoms with Gasteiger partial charge in [-0.05, 0) is 64.2 Å². The molecule has 1 unspecified atom stereocenters. The molecule has 0 saturated heterocycles. The first-order chi connectivity index (χ1) is 20.6. The Balaban J connectivity index is 3.57. The van der Waals surface area contributed by atoms with E-state index in [4.69, 9.17) is 9.84 Å². The summed E-state index contributed by atoms with van der Waals surface area (Å²) in [5.74, 6) is -0.656. The third-order valence-corrected chi connectivity index (χ3v) is 8.16. The van der Waals surface area contributed by atoms with Gasteiger partial charge >= 0.3 is 11.9 Å². The minimum absolute atomic E-state index is 0.0133. The van der Waals surface area contributed by atoms with E-state index in [1.54, 1.807) is 0 Å². The first kappa shape index (κ1) is 40.4. The van der Waals surface area contributed by atoms with Gasteiger partial charge in [-0.15, -0.1) is 0 Å². The number of ether oxygens (including phenoxy) is 1. The summed E-state index contributed by atoms with van der Waals surface area (Å²) in [6.45, 7) is 4.43. The Kier molecular flexibility index (Phi) is 32.6. The van der Waals surface area contributed by atoms with Crippen LogP contribution in [0.15, 0.2) is 24.3 Å². The van der Waals surface area contributed by atoms with Crippen molar-refractivity contribution in [1.29, 1.82) is 0 Å². The highest BCUT2D eigenvalue weighted by Crippen LogP contribution is 2.17. The lowest BCUT2D eigenvalue weighted by Crippen LogP contribution is -2.18. The van der Waals surface area contributed by atoms with E-state index in [-0.39, 0.29) is 12.1 Å². The van der Waals surface area contributed by atoms with E-state index in [0.29, 0.717) is 12.8 Å². The van der Waals surface area contributed by atoms with Gasteiger partial charge in [0.25, 0.3) is 0 Å². The lowest BCUT2D eigenvalue weighted by molar-refractivity contribution is -0.150. The molecule has 0 rings (SSSR count). The molecular formula is C38H70O4. The second-order valence-corrected chi connectivity index (χ2v) is 12.4. The summed E-state index contributed by atoms with van der Waals surface area (Å²) in [6, 6.07) is 0. The summed E-state index contributed by atoms with van der Waals surface area (Å²) in [7, 11) is 0. The van der Waals surface area contributed by atoms with Crippen molar-refractivity contribution in [2.45, 2.75) is 206 Å². The van der Waals surface area contributed by atoms with Gasteiger partial charge in [0.2, 0.25) is 0 Å². The van der Waals surface area contributed by atoms with Crippen LogP contribution >= 0.6 is 0 Å². The zero-order valence-electron chi connectivity index (χ0n) is 28.1. The molecule has 42 heavy (non-hydrogen) atoms. The van der Waals surface area contributed by atoms with Crippen molar-refractivity contribution < 1.29 is 19.4 Å². The monoisotopic (exact) mass is 591 g/mol. The maximum absolute atomic E-state index is 12.4. The zero-order valence-corrected chi connectivity index (χ0v) is 28.1. The molecule has 0 aliphatic carbocycles. The van der Waals surface area contributed by atoms with Gasteiger partial charge in [-0.1, -0.05) is 147 Å². The van der Waals surface area contributed by atoms with Crippen molar-refractivity contribution in [3.05, 3.63) is 24.3 Å². The minimum Gasteiger partial charge on any atom is -0.481 e. The normalized spacial score (nSPS) is 12.4. The van der Waals surface area contributed by atoms with E-state index in [9.17, 15) is 9.59 Å². The van der Waals surface area contributed by atoms with Gasteiger partial charge in [0.1, 0.15) is 6.10 Å². The number of carboxylic acids is 1. The van der Waals surface area contributed by atoms with Crippen LogP contribution < -0.4 is 0 Å². The van der Waals surface area contributed by atoms with Crippen LogP contribution in [0.25, 0.3) is 0 Å². The van der Waals surface area contributed by atoms with Crippen molar-refractivity contribution in [2.75, 3.05) is 0 Å². The van der Waals surface area contributed by atoms with E-state index in [1.165, 1.54) is 122 Å². The standard InChI is InChI=1S/C38H70O4/c1-3-5-6-7-8-9-10-11-12-16-19-22-25-28-31-35-38(41)42-36(32-4-2)33-29-26-23-20-17-14-13-15-18-21-24-27-30-34-37(39)40/h8-9,11-12,36H,3-7,10,13-35H2,1-2H3,(H,39,40)/b9-8-,12-11-. The van der Waals surface area contributed by atoms with Gasteiger partial charge < -0.3 is 9.84 Å². The van der Waals surface area contributed by atoms with Gasteiger partial charge in [0.05, 0.1) is 0 Å². The molecule has 0 aromatic rings. The van der Waals surface area contributed by atoms with Crippen LogP contribution in [0.2, 0.25) is 0 Å². The third-order valence-electron chi connectivity index (χ3n) is 8.16. The molecule has 0 bridgehead atoms. The third kappa shape index (κ3) is 32.9. The second kappa shape index (κ2) is 33.9.